The summed E-state index contributed by atoms with van der Waals surface area (Å²) >= 11 is 0. The first-order chi connectivity index (χ1) is 12.8. The van der Waals surface area contributed by atoms with E-state index in [-0.39, 0.29) is 13.1 Å². The smallest absolute Gasteiger partial charge is 0.258 e. The zero-order valence-electron chi connectivity index (χ0n) is 14.8. The summed E-state index contributed by atoms with van der Waals surface area (Å²) < 4.78 is 54.2. The Kier molecular flexibility index (Phi) is 6.98. The highest BCUT2D eigenvalue weighted by Gasteiger charge is 2.33. The van der Waals surface area contributed by atoms with E-state index in [2.05, 4.69) is 0 Å². The van der Waals surface area contributed by atoms with Crippen LogP contribution < -0.4 is 0 Å². The molecule has 0 heterocycles. The van der Waals surface area contributed by atoms with Crippen LogP contribution in [0.3, 0.4) is 0 Å². The van der Waals surface area contributed by atoms with Gasteiger partial charge in [0.1, 0.15) is 5.82 Å². The van der Waals surface area contributed by atoms with E-state index in [4.69, 9.17) is 0 Å². The summed E-state index contributed by atoms with van der Waals surface area (Å²) in [6, 6.07) is 8.28. The van der Waals surface area contributed by atoms with E-state index >= 15 is 0 Å². The van der Waals surface area contributed by atoms with Crippen LogP contribution in [0.4, 0.5) is 14.5 Å². The summed E-state index contributed by atoms with van der Waals surface area (Å²) in [6.45, 7) is 1.97. The third-order valence-corrected chi connectivity index (χ3v) is 5.91. The van der Waals surface area contributed by atoms with Gasteiger partial charge >= 0.3 is 5.69 Å². The molecule has 27 heavy (non-hydrogen) atoms. The molecule has 2 rings (SSSR count). The Labute approximate surface area is 156 Å². The summed E-state index contributed by atoms with van der Waals surface area (Å²) in [4.78, 5) is 9.48. The lowest BCUT2D eigenvalue weighted by molar-refractivity contribution is -0.390. The van der Waals surface area contributed by atoms with Gasteiger partial charge in [-0.3, -0.25) is 10.1 Å². The molecule has 0 aromatic heterocycles. The van der Waals surface area contributed by atoms with Gasteiger partial charge in [-0.05, 0) is 36.2 Å². The lowest BCUT2D eigenvalue weighted by Gasteiger charge is -2.22. The number of nitro groups is 1. The van der Waals surface area contributed by atoms with Crippen LogP contribution in [-0.2, 0) is 16.6 Å². The van der Waals surface area contributed by atoms with Crippen molar-refractivity contribution in [3.8, 4) is 0 Å². The van der Waals surface area contributed by atoms with Gasteiger partial charge in [0, 0.05) is 13.1 Å². The number of unbranched alkanes of at least 4 members (excludes halogenated alkanes) is 2. The molecule has 0 atom stereocenters. The molecule has 0 unspecified atom stereocenters. The van der Waals surface area contributed by atoms with Crippen molar-refractivity contribution < 1.29 is 22.1 Å². The van der Waals surface area contributed by atoms with Crippen LogP contribution in [0.1, 0.15) is 31.7 Å². The number of rotatable bonds is 9. The minimum absolute atomic E-state index is 0.0972. The summed E-state index contributed by atoms with van der Waals surface area (Å²) in [5.41, 5.74) is -0.548. The van der Waals surface area contributed by atoms with Crippen LogP contribution >= 0.6 is 0 Å². The van der Waals surface area contributed by atoms with Crippen molar-refractivity contribution in [3.05, 3.63) is 69.8 Å². The minimum atomic E-state index is -4.33. The third-order valence-electron chi connectivity index (χ3n) is 4.03. The largest absolute Gasteiger partial charge is 0.324 e. The summed E-state index contributed by atoms with van der Waals surface area (Å²) in [5, 5.41) is 11.2. The fraction of sp³-hybridized carbons (Fsp3) is 0.333. The molecule has 0 aliphatic rings. The summed E-state index contributed by atoms with van der Waals surface area (Å²) in [6.07, 6.45) is 2.16. The lowest BCUT2D eigenvalue weighted by atomic mass is 10.2. The number of benzene rings is 2. The average Bonchev–Trinajstić information content (AvgIpc) is 2.62. The summed E-state index contributed by atoms with van der Waals surface area (Å²) in [5.74, 6) is -1.67. The van der Waals surface area contributed by atoms with Crippen molar-refractivity contribution in [2.24, 2.45) is 0 Å². The van der Waals surface area contributed by atoms with Crippen LogP contribution in [0.15, 0.2) is 47.4 Å². The molecule has 0 amide bonds. The first-order valence-electron chi connectivity index (χ1n) is 8.45. The molecule has 2 aromatic carbocycles. The van der Waals surface area contributed by atoms with Gasteiger partial charge in [-0.25, -0.2) is 12.8 Å². The Morgan fingerprint density at radius 3 is 2.33 bits per heavy atom. The highest BCUT2D eigenvalue weighted by Crippen LogP contribution is 2.30. The molecule has 0 aliphatic heterocycles. The van der Waals surface area contributed by atoms with E-state index in [1.54, 1.807) is 0 Å². The van der Waals surface area contributed by atoms with Crippen LogP contribution in [0.25, 0.3) is 0 Å². The Morgan fingerprint density at radius 1 is 1.07 bits per heavy atom. The van der Waals surface area contributed by atoms with Crippen molar-refractivity contribution in [2.45, 2.75) is 37.6 Å². The molecule has 6 nitrogen and oxygen atoms in total. The topological polar surface area (TPSA) is 80.5 Å². The van der Waals surface area contributed by atoms with E-state index in [0.29, 0.717) is 12.0 Å². The van der Waals surface area contributed by atoms with E-state index < -0.39 is 37.2 Å². The number of halogens is 2. The second-order valence-corrected chi connectivity index (χ2v) is 7.92. The minimum Gasteiger partial charge on any atom is -0.258 e. The molecule has 9 heteroatoms. The Hall–Kier alpha value is -2.39. The van der Waals surface area contributed by atoms with Crippen molar-refractivity contribution in [3.63, 3.8) is 0 Å². The molecule has 0 saturated carbocycles. The Balaban J connectivity index is 2.45. The van der Waals surface area contributed by atoms with Crippen LogP contribution in [-0.4, -0.2) is 24.2 Å². The fourth-order valence-electron chi connectivity index (χ4n) is 2.64. The van der Waals surface area contributed by atoms with Gasteiger partial charge in [0.2, 0.25) is 15.8 Å². The maximum Gasteiger partial charge on any atom is 0.324 e. The number of nitrogens with zero attached hydrogens (tertiary/aromatic N) is 2. The second-order valence-electron chi connectivity index (χ2n) is 6.02. The number of hydrogen-bond donors (Lipinski definition) is 0. The van der Waals surface area contributed by atoms with Gasteiger partial charge in [0.25, 0.3) is 0 Å². The molecule has 0 fully saturated rings. The average molecular weight is 398 g/mol. The molecule has 0 N–H and O–H groups in total. The van der Waals surface area contributed by atoms with Crippen molar-refractivity contribution >= 4 is 15.7 Å². The van der Waals surface area contributed by atoms with E-state index in [0.717, 1.165) is 35.3 Å². The van der Waals surface area contributed by atoms with Crippen molar-refractivity contribution in [1.29, 1.82) is 0 Å². The molecular formula is C18H20F2N2O4S. The van der Waals surface area contributed by atoms with Crippen LogP contribution in [0.5, 0.6) is 0 Å². The molecule has 0 spiro atoms. The van der Waals surface area contributed by atoms with Gasteiger partial charge in [-0.15, -0.1) is 0 Å². The first-order valence-corrected chi connectivity index (χ1v) is 9.89. The number of nitro benzene ring substituents is 1. The van der Waals surface area contributed by atoms with E-state index in [9.17, 15) is 27.3 Å². The van der Waals surface area contributed by atoms with Crippen molar-refractivity contribution in [1.82, 2.24) is 4.31 Å². The second kappa shape index (κ2) is 9.01. The zero-order valence-corrected chi connectivity index (χ0v) is 15.6. The molecule has 0 radical (unpaired) electrons. The maximum absolute atomic E-state index is 13.9. The Morgan fingerprint density at radius 2 is 1.74 bits per heavy atom. The predicted molar refractivity (Wildman–Crippen MR) is 96.6 cm³/mol. The van der Waals surface area contributed by atoms with Gasteiger partial charge in [-0.1, -0.05) is 38.0 Å². The first kappa shape index (κ1) is 20.9. The maximum atomic E-state index is 13.9. The van der Waals surface area contributed by atoms with Gasteiger partial charge in [-0.2, -0.15) is 8.70 Å². The summed E-state index contributed by atoms with van der Waals surface area (Å²) in [7, 11) is -4.33. The highest BCUT2D eigenvalue weighted by molar-refractivity contribution is 7.89. The van der Waals surface area contributed by atoms with Gasteiger partial charge in [0.05, 0.1) is 4.92 Å². The van der Waals surface area contributed by atoms with E-state index in [1.807, 2.05) is 6.92 Å². The number of hydrogen-bond acceptors (Lipinski definition) is 4. The molecular weight excluding hydrogens is 378 g/mol. The van der Waals surface area contributed by atoms with Crippen LogP contribution in [0, 0.1) is 21.7 Å². The van der Waals surface area contributed by atoms with Crippen molar-refractivity contribution in [2.75, 3.05) is 6.54 Å². The SMILES string of the molecule is CCCCCN(Cc1ccc(F)cc1)S(=O)(=O)c1cccc(F)c1[N+](=O)[O-]. The predicted octanol–water partition coefficient (Wildman–Crippen LogP) is 4.25. The van der Waals surface area contributed by atoms with Crippen LogP contribution in [0.2, 0.25) is 0 Å². The van der Waals surface area contributed by atoms with Gasteiger partial charge in [0.15, 0.2) is 4.90 Å². The molecule has 0 aliphatic carbocycles. The lowest BCUT2D eigenvalue weighted by Crippen LogP contribution is -2.32. The standard InChI is InChI=1S/C18H20F2N2O4S/c1-2-3-4-12-21(13-14-8-10-15(19)11-9-14)27(25,26)17-7-5-6-16(20)18(17)22(23)24/h5-11H,2-4,12-13H2,1H3. The fourth-order valence-corrected chi connectivity index (χ4v) is 4.27. The molecule has 146 valence electrons. The normalized spacial score (nSPS) is 11.7. The number of para-hydroxylation sites is 1. The Bertz CT molecular complexity index is 902. The quantitative estimate of drug-likeness (QED) is 0.359. The third kappa shape index (κ3) is 5.08. The zero-order chi connectivity index (χ0) is 20.0. The highest BCUT2D eigenvalue weighted by atomic mass is 32.2. The van der Waals surface area contributed by atoms with E-state index in [1.165, 1.54) is 24.3 Å². The number of sulfonamides is 1. The monoisotopic (exact) mass is 398 g/mol. The molecule has 0 saturated heterocycles. The molecule has 2 aromatic rings. The molecule has 0 bridgehead atoms. The van der Waals surface area contributed by atoms with Gasteiger partial charge < -0.3 is 0 Å².